The van der Waals surface area contributed by atoms with E-state index in [0.29, 0.717) is 46.6 Å². The van der Waals surface area contributed by atoms with Crippen LogP contribution in [0.15, 0.2) is 106 Å². The first-order valence-electron chi connectivity index (χ1n) is 12.8. The van der Waals surface area contributed by atoms with Crippen LogP contribution in [-0.4, -0.2) is 19.7 Å². The van der Waals surface area contributed by atoms with E-state index in [2.05, 4.69) is 0 Å². The van der Waals surface area contributed by atoms with Gasteiger partial charge in [0.15, 0.2) is 0 Å². The number of carbonyl (C=O) groups is 1. The summed E-state index contributed by atoms with van der Waals surface area (Å²) in [5.41, 5.74) is 4.19. The molecule has 6 heteroatoms. The van der Waals surface area contributed by atoms with Crippen LogP contribution in [0.3, 0.4) is 0 Å². The maximum absolute atomic E-state index is 13.5. The summed E-state index contributed by atoms with van der Waals surface area (Å²) >= 11 is 0. The molecule has 6 rings (SSSR count). The number of benzene rings is 4. The van der Waals surface area contributed by atoms with E-state index < -0.39 is 5.92 Å². The Kier molecular flexibility index (Phi) is 6.59. The summed E-state index contributed by atoms with van der Waals surface area (Å²) in [5, 5.41) is 0.441. The second kappa shape index (κ2) is 10.5. The first-order valence-corrected chi connectivity index (χ1v) is 12.8. The molecule has 0 bridgehead atoms. The molecular weight excluding hydrogens is 492 g/mol. The number of hydrogen-bond acceptors (Lipinski definition) is 6. The molecular formula is C33H26O6. The lowest BCUT2D eigenvalue weighted by molar-refractivity contribution is -0.135. The lowest BCUT2D eigenvalue weighted by atomic mass is 9.84. The number of esters is 1. The average molecular weight is 519 g/mol. The average Bonchev–Trinajstić information content (AvgIpc) is 2.98. The number of fused-ring (bicyclic) bond motifs is 3. The van der Waals surface area contributed by atoms with E-state index in [9.17, 15) is 9.59 Å². The Hall–Kier alpha value is -4.84. The molecule has 0 fully saturated rings. The number of methoxy groups -OCH3 is 1. The quantitative estimate of drug-likeness (QED) is 0.180. The molecule has 0 radical (unpaired) electrons. The van der Waals surface area contributed by atoms with Gasteiger partial charge in [0.05, 0.1) is 31.1 Å². The summed E-state index contributed by atoms with van der Waals surface area (Å²) in [5.74, 6) is 1.14. The molecule has 1 atom stereocenters. The number of rotatable bonds is 7. The number of hydrogen-bond donors (Lipinski definition) is 0. The molecule has 0 saturated heterocycles. The van der Waals surface area contributed by atoms with Crippen molar-refractivity contribution in [3.05, 3.63) is 124 Å². The predicted octanol–water partition coefficient (Wildman–Crippen LogP) is 6.53. The van der Waals surface area contributed by atoms with Gasteiger partial charge in [-0.15, -0.1) is 0 Å². The summed E-state index contributed by atoms with van der Waals surface area (Å²) in [6.45, 7) is 0.457. The fourth-order valence-electron chi connectivity index (χ4n) is 5.11. The van der Waals surface area contributed by atoms with Gasteiger partial charge in [-0.25, -0.2) is 0 Å². The summed E-state index contributed by atoms with van der Waals surface area (Å²) < 4.78 is 23.2. The Labute approximate surface area is 225 Å². The van der Waals surface area contributed by atoms with Crippen molar-refractivity contribution >= 4 is 16.9 Å². The molecule has 6 nitrogen and oxygen atoms in total. The molecule has 39 heavy (non-hydrogen) atoms. The third-order valence-electron chi connectivity index (χ3n) is 7.07. The van der Waals surface area contributed by atoms with Crippen LogP contribution in [0.5, 0.6) is 17.2 Å². The fraction of sp³-hybridized carbons (Fsp3) is 0.152. The molecule has 0 N–H and O–H groups in total. The van der Waals surface area contributed by atoms with Crippen molar-refractivity contribution in [3.8, 4) is 28.4 Å². The van der Waals surface area contributed by atoms with Crippen LogP contribution in [0.4, 0.5) is 0 Å². The van der Waals surface area contributed by atoms with E-state index in [0.717, 1.165) is 22.4 Å². The maximum atomic E-state index is 13.5. The molecule has 0 aliphatic carbocycles. The second-order valence-corrected chi connectivity index (χ2v) is 9.41. The standard InChI is InChI=1S/C33H26O6/c1-36-23-13-11-21(12-14-23)17-18-37-28-10-6-5-9-24(28)26-19-30(34)39-29-16-15-25-32(35)27(20-38-33(25)31(26)29)22-7-3-2-4-8-22/h2-16,20,26H,17-19H2,1H3/t26-/m1/s1. The van der Waals surface area contributed by atoms with Crippen molar-refractivity contribution in [2.45, 2.75) is 18.8 Å². The molecule has 0 amide bonds. The maximum Gasteiger partial charge on any atom is 0.312 e. The topological polar surface area (TPSA) is 75.0 Å². The Balaban J connectivity index is 1.36. The zero-order chi connectivity index (χ0) is 26.8. The molecule has 1 aromatic heterocycles. The minimum Gasteiger partial charge on any atom is -0.497 e. The van der Waals surface area contributed by atoms with Crippen molar-refractivity contribution in [1.82, 2.24) is 0 Å². The van der Waals surface area contributed by atoms with Crippen molar-refractivity contribution in [2.75, 3.05) is 13.7 Å². The highest BCUT2D eigenvalue weighted by Gasteiger charge is 2.33. The van der Waals surface area contributed by atoms with E-state index in [1.807, 2.05) is 78.9 Å². The van der Waals surface area contributed by atoms with Crippen LogP contribution in [0, 0.1) is 0 Å². The van der Waals surface area contributed by atoms with Gasteiger partial charge in [0.1, 0.15) is 29.1 Å². The monoisotopic (exact) mass is 518 g/mol. The second-order valence-electron chi connectivity index (χ2n) is 9.41. The van der Waals surface area contributed by atoms with Crippen LogP contribution in [-0.2, 0) is 11.2 Å². The van der Waals surface area contributed by atoms with E-state index in [4.69, 9.17) is 18.6 Å². The zero-order valence-electron chi connectivity index (χ0n) is 21.4. The van der Waals surface area contributed by atoms with Gasteiger partial charge in [0.25, 0.3) is 0 Å². The van der Waals surface area contributed by atoms with Crippen LogP contribution >= 0.6 is 0 Å². The molecule has 0 unspecified atom stereocenters. The molecule has 4 aromatic carbocycles. The first-order chi connectivity index (χ1) is 19.1. The van der Waals surface area contributed by atoms with E-state index in [1.54, 1.807) is 19.2 Å². The van der Waals surface area contributed by atoms with Gasteiger partial charge in [-0.3, -0.25) is 9.59 Å². The highest BCUT2D eigenvalue weighted by molar-refractivity contribution is 5.90. The lowest BCUT2D eigenvalue weighted by Crippen LogP contribution is -2.22. The largest absolute Gasteiger partial charge is 0.497 e. The third-order valence-corrected chi connectivity index (χ3v) is 7.07. The smallest absolute Gasteiger partial charge is 0.312 e. The van der Waals surface area contributed by atoms with Gasteiger partial charge in [0.2, 0.25) is 5.43 Å². The van der Waals surface area contributed by atoms with Crippen molar-refractivity contribution in [1.29, 1.82) is 0 Å². The molecule has 0 saturated carbocycles. The Morgan fingerprint density at radius 1 is 0.872 bits per heavy atom. The molecule has 194 valence electrons. The molecule has 1 aliphatic heterocycles. The number of para-hydroxylation sites is 1. The normalized spacial score (nSPS) is 14.5. The van der Waals surface area contributed by atoms with Gasteiger partial charge in [0, 0.05) is 23.5 Å². The Morgan fingerprint density at radius 3 is 2.44 bits per heavy atom. The highest BCUT2D eigenvalue weighted by Crippen LogP contribution is 2.45. The van der Waals surface area contributed by atoms with Gasteiger partial charge < -0.3 is 18.6 Å². The minimum atomic E-state index is -0.395. The Bertz CT molecular complexity index is 1700. The predicted molar refractivity (Wildman–Crippen MR) is 149 cm³/mol. The van der Waals surface area contributed by atoms with Crippen molar-refractivity contribution in [2.24, 2.45) is 0 Å². The molecule has 1 aliphatic rings. The van der Waals surface area contributed by atoms with E-state index >= 15 is 0 Å². The SMILES string of the molecule is COc1ccc(CCOc2ccccc2[C@H]2CC(=O)Oc3ccc4c(=O)c(-c5ccccc5)coc4c32)cc1. The fourth-order valence-corrected chi connectivity index (χ4v) is 5.11. The third kappa shape index (κ3) is 4.77. The Morgan fingerprint density at radius 2 is 1.64 bits per heavy atom. The first kappa shape index (κ1) is 24.5. The summed E-state index contributed by atoms with van der Waals surface area (Å²) in [7, 11) is 1.64. The number of ether oxygens (including phenoxy) is 3. The van der Waals surface area contributed by atoms with Crippen LogP contribution < -0.4 is 19.6 Å². The van der Waals surface area contributed by atoms with Crippen LogP contribution in [0.2, 0.25) is 0 Å². The van der Waals surface area contributed by atoms with Crippen LogP contribution in [0.1, 0.15) is 29.0 Å². The van der Waals surface area contributed by atoms with Crippen molar-refractivity contribution < 1.29 is 23.4 Å². The minimum absolute atomic E-state index is 0.106. The van der Waals surface area contributed by atoms with Gasteiger partial charge in [-0.05, 0) is 41.5 Å². The molecule has 2 heterocycles. The van der Waals surface area contributed by atoms with Gasteiger partial charge in [-0.2, -0.15) is 0 Å². The highest BCUT2D eigenvalue weighted by atomic mass is 16.5. The zero-order valence-corrected chi connectivity index (χ0v) is 21.4. The molecule has 5 aromatic rings. The van der Waals surface area contributed by atoms with E-state index in [-0.39, 0.29) is 17.8 Å². The number of carbonyl (C=O) groups excluding carboxylic acids is 1. The van der Waals surface area contributed by atoms with Crippen LogP contribution in [0.25, 0.3) is 22.1 Å². The molecule has 0 spiro atoms. The summed E-state index contributed by atoms with van der Waals surface area (Å²) in [6, 6.07) is 28.3. The lowest BCUT2D eigenvalue weighted by Gasteiger charge is -2.27. The van der Waals surface area contributed by atoms with E-state index in [1.165, 1.54) is 6.26 Å². The van der Waals surface area contributed by atoms with Gasteiger partial charge >= 0.3 is 5.97 Å². The van der Waals surface area contributed by atoms with Crippen molar-refractivity contribution in [3.63, 3.8) is 0 Å². The summed E-state index contributed by atoms with van der Waals surface area (Å²) in [6.07, 6.45) is 2.31. The van der Waals surface area contributed by atoms with Gasteiger partial charge in [-0.1, -0.05) is 60.7 Å². The summed E-state index contributed by atoms with van der Waals surface area (Å²) in [4.78, 5) is 26.2.